The maximum Gasteiger partial charge on any atom is 0.167 e. The topological polar surface area (TPSA) is 44.1 Å². The number of imidazole rings is 1. The second-order valence-electron chi connectivity index (χ2n) is 6.27. The number of hydrogen-bond acceptors (Lipinski definition) is 3. The van der Waals surface area contributed by atoms with Gasteiger partial charge in [-0.1, -0.05) is 24.3 Å². The highest BCUT2D eigenvalue weighted by Gasteiger charge is 2.05. The van der Waals surface area contributed by atoms with Gasteiger partial charge in [0.05, 0.1) is 17.4 Å². The normalized spacial score (nSPS) is 11.1. The molecule has 0 fully saturated rings. The van der Waals surface area contributed by atoms with Crippen molar-refractivity contribution in [1.82, 2.24) is 9.55 Å². The van der Waals surface area contributed by atoms with Crippen molar-refractivity contribution >= 4 is 27.6 Å². The number of ether oxygens (including phenoxy) is 1. The lowest BCUT2D eigenvalue weighted by molar-refractivity contribution is -0.118. The van der Waals surface area contributed by atoms with Crippen LogP contribution in [-0.2, 0) is 11.8 Å². The molecule has 4 rings (SSSR count). The van der Waals surface area contributed by atoms with Gasteiger partial charge in [-0.3, -0.25) is 4.79 Å². The van der Waals surface area contributed by atoms with E-state index in [9.17, 15) is 4.79 Å². The first-order chi connectivity index (χ1) is 12.1. The van der Waals surface area contributed by atoms with Gasteiger partial charge < -0.3 is 9.30 Å². The Balaban J connectivity index is 1.71. The molecule has 0 saturated carbocycles. The molecule has 0 saturated heterocycles. The smallest absolute Gasteiger partial charge is 0.167 e. The summed E-state index contributed by atoms with van der Waals surface area (Å²) in [6.07, 6.45) is 1.83. The van der Waals surface area contributed by atoms with Crippen LogP contribution in [0.2, 0.25) is 0 Å². The minimum atomic E-state index is 0.0148. The van der Waals surface area contributed by atoms with Gasteiger partial charge >= 0.3 is 0 Å². The minimum Gasteiger partial charge on any atom is -0.486 e. The van der Waals surface area contributed by atoms with Gasteiger partial charge in [-0.05, 0) is 59.2 Å². The Bertz CT molecular complexity index is 1100. The van der Waals surface area contributed by atoms with E-state index in [-0.39, 0.29) is 12.4 Å². The summed E-state index contributed by atoms with van der Waals surface area (Å²) in [6.45, 7) is 1.63. The molecule has 0 atom stereocenters. The van der Waals surface area contributed by atoms with E-state index >= 15 is 0 Å². The second kappa shape index (κ2) is 6.06. The number of carbonyl (C=O) groups is 1. The molecular weight excluding hydrogens is 312 g/mol. The van der Waals surface area contributed by atoms with Gasteiger partial charge in [0.2, 0.25) is 0 Å². The largest absolute Gasteiger partial charge is 0.486 e. The maximum absolute atomic E-state index is 11.0. The number of rotatable bonds is 4. The summed E-state index contributed by atoms with van der Waals surface area (Å²) in [6, 6.07) is 18.6. The van der Waals surface area contributed by atoms with Gasteiger partial charge in [0.1, 0.15) is 12.4 Å². The number of Topliss-reactive ketones (excluding diaryl/α,β-unsaturated/α-hetero) is 1. The summed E-state index contributed by atoms with van der Waals surface area (Å²) < 4.78 is 7.51. The lowest BCUT2D eigenvalue weighted by Crippen LogP contribution is -2.06. The van der Waals surface area contributed by atoms with Crippen LogP contribution in [0, 0.1) is 0 Å². The Morgan fingerprint density at radius 3 is 2.56 bits per heavy atom. The van der Waals surface area contributed by atoms with Crippen molar-refractivity contribution in [2.45, 2.75) is 6.92 Å². The molecule has 4 aromatic rings. The molecule has 0 aliphatic carbocycles. The Kier molecular flexibility index (Phi) is 3.73. The van der Waals surface area contributed by atoms with E-state index in [1.807, 2.05) is 42.2 Å². The Labute approximate surface area is 145 Å². The predicted octanol–water partition coefficient (Wildman–Crippen LogP) is 4.36. The van der Waals surface area contributed by atoms with Gasteiger partial charge in [0.15, 0.2) is 5.78 Å². The van der Waals surface area contributed by atoms with Crippen molar-refractivity contribution in [2.75, 3.05) is 6.61 Å². The van der Waals surface area contributed by atoms with Gasteiger partial charge in [0, 0.05) is 7.05 Å². The van der Waals surface area contributed by atoms with Crippen LogP contribution in [0.4, 0.5) is 0 Å². The highest BCUT2D eigenvalue weighted by Crippen LogP contribution is 2.28. The summed E-state index contributed by atoms with van der Waals surface area (Å²) in [4.78, 5) is 15.4. The van der Waals surface area contributed by atoms with E-state index < -0.39 is 0 Å². The molecule has 0 unspecified atom stereocenters. The summed E-state index contributed by atoms with van der Waals surface area (Å²) in [5.74, 6) is 0.729. The Hall–Kier alpha value is -3.14. The molecule has 4 nitrogen and oxygen atoms in total. The van der Waals surface area contributed by atoms with E-state index in [0.717, 1.165) is 32.9 Å². The summed E-state index contributed by atoms with van der Waals surface area (Å²) in [5, 5.41) is 2.23. The van der Waals surface area contributed by atoms with Crippen LogP contribution in [-0.4, -0.2) is 21.9 Å². The lowest BCUT2D eigenvalue weighted by Gasteiger charge is -2.08. The molecule has 0 aliphatic rings. The highest BCUT2D eigenvalue weighted by molar-refractivity contribution is 5.90. The van der Waals surface area contributed by atoms with E-state index in [1.165, 1.54) is 6.92 Å². The number of benzene rings is 3. The summed E-state index contributed by atoms with van der Waals surface area (Å²) in [5.41, 5.74) is 4.44. The minimum absolute atomic E-state index is 0.0148. The van der Waals surface area contributed by atoms with Crippen LogP contribution < -0.4 is 4.74 Å². The molecule has 0 bridgehead atoms. The average Bonchev–Trinajstić information content (AvgIpc) is 3.00. The molecule has 0 spiro atoms. The number of hydrogen-bond donors (Lipinski definition) is 0. The average molecular weight is 330 g/mol. The fourth-order valence-corrected chi connectivity index (χ4v) is 2.98. The molecule has 0 radical (unpaired) electrons. The molecule has 1 heterocycles. The molecule has 124 valence electrons. The number of aromatic nitrogens is 2. The van der Waals surface area contributed by atoms with Crippen molar-refractivity contribution in [3.8, 4) is 16.9 Å². The number of fused-ring (bicyclic) bond motifs is 2. The van der Waals surface area contributed by atoms with E-state index in [4.69, 9.17) is 4.74 Å². The highest BCUT2D eigenvalue weighted by atomic mass is 16.5. The first-order valence-electron chi connectivity index (χ1n) is 8.18. The SMILES string of the molecule is CC(=O)COc1ccc2cc(-c3ccc4ncn(C)c4c3)ccc2c1. The summed E-state index contributed by atoms with van der Waals surface area (Å²) in [7, 11) is 2.00. The molecule has 0 N–H and O–H groups in total. The van der Waals surface area contributed by atoms with Crippen LogP contribution in [0.25, 0.3) is 32.9 Å². The van der Waals surface area contributed by atoms with Crippen molar-refractivity contribution in [3.05, 3.63) is 60.9 Å². The first-order valence-corrected chi connectivity index (χ1v) is 8.18. The van der Waals surface area contributed by atoms with E-state index in [0.29, 0.717) is 5.75 Å². The Morgan fingerprint density at radius 1 is 1.00 bits per heavy atom. The molecule has 0 amide bonds. The van der Waals surface area contributed by atoms with Crippen molar-refractivity contribution in [3.63, 3.8) is 0 Å². The predicted molar refractivity (Wildman–Crippen MR) is 99.8 cm³/mol. The molecule has 0 aliphatic heterocycles. The van der Waals surface area contributed by atoms with Crippen molar-refractivity contribution in [1.29, 1.82) is 0 Å². The van der Waals surface area contributed by atoms with E-state index in [2.05, 4.69) is 35.3 Å². The van der Waals surface area contributed by atoms with E-state index in [1.54, 1.807) is 0 Å². The van der Waals surface area contributed by atoms with Crippen LogP contribution in [0.15, 0.2) is 60.9 Å². The quantitative estimate of drug-likeness (QED) is 0.558. The van der Waals surface area contributed by atoms with Crippen LogP contribution in [0.5, 0.6) is 5.75 Å². The first kappa shape index (κ1) is 15.4. The number of nitrogens with zero attached hydrogens (tertiary/aromatic N) is 2. The second-order valence-corrected chi connectivity index (χ2v) is 6.27. The van der Waals surface area contributed by atoms with Crippen LogP contribution in [0.3, 0.4) is 0 Å². The lowest BCUT2D eigenvalue weighted by atomic mass is 10.0. The molecular formula is C21H18N2O2. The van der Waals surface area contributed by atoms with Crippen molar-refractivity contribution in [2.24, 2.45) is 7.05 Å². The zero-order valence-electron chi connectivity index (χ0n) is 14.2. The zero-order valence-corrected chi connectivity index (χ0v) is 14.2. The monoisotopic (exact) mass is 330 g/mol. The van der Waals surface area contributed by atoms with Gasteiger partial charge in [-0.15, -0.1) is 0 Å². The van der Waals surface area contributed by atoms with Crippen molar-refractivity contribution < 1.29 is 9.53 Å². The third-order valence-corrected chi connectivity index (χ3v) is 4.31. The molecule has 25 heavy (non-hydrogen) atoms. The van der Waals surface area contributed by atoms with Crippen LogP contribution in [0.1, 0.15) is 6.92 Å². The fraction of sp³-hybridized carbons (Fsp3) is 0.143. The molecule has 3 aromatic carbocycles. The van der Waals surface area contributed by atoms with Gasteiger partial charge in [-0.25, -0.2) is 4.98 Å². The number of ketones is 1. The zero-order chi connectivity index (χ0) is 17.4. The van der Waals surface area contributed by atoms with Gasteiger partial charge in [0.25, 0.3) is 0 Å². The maximum atomic E-state index is 11.0. The third-order valence-electron chi connectivity index (χ3n) is 4.31. The molecule has 4 heteroatoms. The summed E-state index contributed by atoms with van der Waals surface area (Å²) >= 11 is 0. The number of aryl methyl sites for hydroxylation is 1. The standard InChI is InChI=1S/C21H18N2O2/c1-14(24)12-25-19-7-5-16-9-15(3-4-17(16)10-19)18-6-8-20-21(11-18)23(2)13-22-20/h3-11,13H,12H2,1-2H3. The fourth-order valence-electron chi connectivity index (χ4n) is 2.98. The third kappa shape index (κ3) is 2.98. The molecule has 1 aromatic heterocycles. The van der Waals surface area contributed by atoms with Gasteiger partial charge in [-0.2, -0.15) is 0 Å². The van der Waals surface area contributed by atoms with Crippen LogP contribution >= 0.6 is 0 Å². The number of carbonyl (C=O) groups excluding carboxylic acids is 1. The Morgan fingerprint density at radius 2 is 1.72 bits per heavy atom.